The van der Waals surface area contributed by atoms with Crippen molar-refractivity contribution in [2.24, 2.45) is 5.92 Å². The van der Waals surface area contributed by atoms with Crippen LogP contribution < -0.4 is 0 Å². The van der Waals surface area contributed by atoms with Crippen molar-refractivity contribution in [3.63, 3.8) is 0 Å². The van der Waals surface area contributed by atoms with Gasteiger partial charge in [0.05, 0.1) is 13.7 Å². The van der Waals surface area contributed by atoms with Crippen LogP contribution in [0.5, 0.6) is 0 Å². The number of esters is 2. The van der Waals surface area contributed by atoms with Gasteiger partial charge >= 0.3 is 11.9 Å². The fraction of sp³-hybridized carbons (Fsp3) is 0.692. The average Bonchev–Trinajstić information content (AvgIpc) is 2.34. The molecule has 0 aromatic rings. The standard InChI is InChI=1S/C13H22O4/c1-4-6-8-10-17-13(15)11(9-7-5-2)12(14)16-3/h5,11H,2,4,6-10H2,1,3H3. The fourth-order valence-corrected chi connectivity index (χ4v) is 1.38. The molecule has 0 spiro atoms. The molecule has 1 atom stereocenters. The summed E-state index contributed by atoms with van der Waals surface area (Å²) in [6.45, 7) is 6.00. The van der Waals surface area contributed by atoms with Gasteiger partial charge in [-0.3, -0.25) is 9.59 Å². The Kier molecular flexibility index (Phi) is 9.11. The molecule has 0 radical (unpaired) electrons. The van der Waals surface area contributed by atoms with E-state index in [-0.39, 0.29) is 0 Å². The van der Waals surface area contributed by atoms with Gasteiger partial charge in [-0.05, 0) is 19.3 Å². The lowest BCUT2D eigenvalue weighted by Gasteiger charge is -2.12. The predicted molar refractivity (Wildman–Crippen MR) is 65.4 cm³/mol. The molecule has 0 fully saturated rings. The zero-order valence-electron chi connectivity index (χ0n) is 10.7. The van der Waals surface area contributed by atoms with E-state index < -0.39 is 17.9 Å². The van der Waals surface area contributed by atoms with Crippen LogP contribution in [0.4, 0.5) is 0 Å². The van der Waals surface area contributed by atoms with E-state index in [2.05, 4.69) is 18.2 Å². The summed E-state index contributed by atoms with van der Waals surface area (Å²) in [5.41, 5.74) is 0. The maximum absolute atomic E-state index is 11.7. The van der Waals surface area contributed by atoms with Crippen molar-refractivity contribution >= 4 is 11.9 Å². The number of ether oxygens (including phenoxy) is 2. The molecule has 4 nitrogen and oxygen atoms in total. The summed E-state index contributed by atoms with van der Waals surface area (Å²) in [6, 6.07) is 0. The zero-order valence-corrected chi connectivity index (χ0v) is 10.7. The smallest absolute Gasteiger partial charge is 0.320 e. The molecule has 0 aliphatic heterocycles. The Morgan fingerprint density at radius 1 is 1.29 bits per heavy atom. The van der Waals surface area contributed by atoms with Gasteiger partial charge in [-0.1, -0.05) is 25.8 Å². The van der Waals surface area contributed by atoms with Gasteiger partial charge in [0.15, 0.2) is 5.92 Å². The van der Waals surface area contributed by atoms with Gasteiger partial charge in [-0.25, -0.2) is 0 Å². The highest BCUT2D eigenvalue weighted by Gasteiger charge is 2.28. The predicted octanol–water partition coefficient (Wildman–Crippen LogP) is 2.48. The van der Waals surface area contributed by atoms with Gasteiger partial charge in [-0.2, -0.15) is 0 Å². The molecule has 0 bridgehead atoms. The Balaban J connectivity index is 4.12. The van der Waals surface area contributed by atoms with Crippen LogP contribution in [0.25, 0.3) is 0 Å². The molecule has 1 unspecified atom stereocenters. The van der Waals surface area contributed by atoms with Gasteiger partial charge in [0.25, 0.3) is 0 Å². The normalized spacial score (nSPS) is 11.6. The first-order valence-corrected chi connectivity index (χ1v) is 6.02. The number of rotatable bonds is 9. The van der Waals surface area contributed by atoms with Crippen LogP contribution in [-0.4, -0.2) is 25.7 Å². The van der Waals surface area contributed by atoms with Crippen molar-refractivity contribution in [3.8, 4) is 0 Å². The molecular formula is C13H22O4. The molecule has 0 amide bonds. The second kappa shape index (κ2) is 9.87. The molecule has 0 heterocycles. The minimum Gasteiger partial charge on any atom is -0.468 e. The molecule has 0 aromatic heterocycles. The van der Waals surface area contributed by atoms with E-state index in [0.717, 1.165) is 19.3 Å². The van der Waals surface area contributed by atoms with Crippen molar-refractivity contribution in [2.75, 3.05) is 13.7 Å². The Hall–Kier alpha value is -1.32. The summed E-state index contributed by atoms with van der Waals surface area (Å²) >= 11 is 0. The summed E-state index contributed by atoms with van der Waals surface area (Å²) in [5.74, 6) is -1.85. The van der Waals surface area contributed by atoms with Gasteiger partial charge in [0.2, 0.25) is 0 Å². The summed E-state index contributed by atoms with van der Waals surface area (Å²) in [4.78, 5) is 23.0. The second-order valence-corrected chi connectivity index (χ2v) is 3.82. The van der Waals surface area contributed by atoms with E-state index in [1.165, 1.54) is 7.11 Å². The van der Waals surface area contributed by atoms with Crippen LogP contribution in [-0.2, 0) is 19.1 Å². The second-order valence-electron chi connectivity index (χ2n) is 3.82. The zero-order chi connectivity index (χ0) is 13.1. The average molecular weight is 242 g/mol. The third kappa shape index (κ3) is 6.76. The van der Waals surface area contributed by atoms with Crippen molar-refractivity contribution in [3.05, 3.63) is 12.7 Å². The van der Waals surface area contributed by atoms with Crippen molar-refractivity contribution in [2.45, 2.75) is 39.0 Å². The summed E-state index contributed by atoms with van der Waals surface area (Å²) in [6.07, 6.45) is 5.56. The number of methoxy groups -OCH3 is 1. The number of hydrogen-bond acceptors (Lipinski definition) is 4. The maximum Gasteiger partial charge on any atom is 0.320 e. The minimum absolute atomic E-state index is 0.369. The third-order valence-corrected chi connectivity index (χ3v) is 2.42. The van der Waals surface area contributed by atoms with Crippen LogP contribution >= 0.6 is 0 Å². The quantitative estimate of drug-likeness (QED) is 0.270. The lowest BCUT2D eigenvalue weighted by Crippen LogP contribution is -2.27. The molecule has 0 N–H and O–H groups in total. The van der Waals surface area contributed by atoms with E-state index in [1.807, 2.05) is 0 Å². The first-order chi connectivity index (χ1) is 8.17. The first-order valence-electron chi connectivity index (χ1n) is 6.02. The number of allylic oxidation sites excluding steroid dienone is 1. The van der Waals surface area contributed by atoms with E-state index in [0.29, 0.717) is 19.4 Å². The number of carbonyl (C=O) groups excluding carboxylic acids is 2. The summed E-state index contributed by atoms with van der Waals surface area (Å²) in [5, 5.41) is 0. The molecule has 0 aliphatic rings. The molecular weight excluding hydrogens is 220 g/mol. The molecule has 0 aromatic carbocycles. The molecule has 0 rings (SSSR count). The fourth-order valence-electron chi connectivity index (χ4n) is 1.38. The van der Waals surface area contributed by atoms with Crippen molar-refractivity contribution < 1.29 is 19.1 Å². The molecule has 0 saturated heterocycles. The third-order valence-electron chi connectivity index (χ3n) is 2.42. The van der Waals surface area contributed by atoms with E-state index in [1.54, 1.807) is 6.08 Å². The van der Waals surface area contributed by atoms with E-state index >= 15 is 0 Å². The maximum atomic E-state index is 11.7. The Morgan fingerprint density at radius 2 is 2.00 bits per heavy atom. The number of carbonyl (C=O) groups is 2. The van der Waals surface area contributed by atoms with E-state index in [9.17, 15) is 9.59 Å². The molecule has 0 saturated carbocycles. The van der Waals surface area contributed by atoms with Gasteiger partial charge in [-0.15, -0.1) is 6.58 Å². The topological polar surface area (TPSA) is 52.6 Å². The molecule has 98 valence electrons. The monoisotopic (exact) mass is 242 g/mol. The van der Waals surface area contributed by atoms with E-state index in [4.69, 9.17) is 4.74 Å². The number of hydrogen-bond donors (Lipinski definition) is 0. The van der Waals surface area contributed by atoms with Crippen LogP contribution in [0.1, 0.15) is 39.0 Å². The summed E-state index contributed by atoms with van der Waals surface area (Å²) in [7, 11) is 1.27. The van der Waals surface area contributed by atoms with Crippen molar-refractivity contribution in [1.82, 2.24) is 0 Å². The van der Waals surface area contributed by atoms with Crippen molar-refractivity contribution in [1.29, 1.82) is 0 Å². The highest BCUT2D eigenvalue weighted by molar-refractivity contribution is 5.94. The van der Waals surface area contributed by atoms with Crippen LogP contribution in [0, 0.1) is 5.92 Å². The van der Waals surface area contributed by atoms with Gasteiger partial charge in [0, 0.05) is 0 Å². The lowest BCUT2D eigenvalue weighted by atomic mass is 10.0. The van der Waals surface area contributed by atoms with Crippen LogP contribution in [0.3, 0.4) is 0 Å². The molecule has 17 heavy (non-hydrogen) atoms. The van der Waals surface area contributed by atoms with Crippen LogP contribution in [0.15, 0.2) is 12.7 Å². The Labute approximate surface area is 103 Å². The van der Waals surface area contributed by atoms with Gasteiger partial charge in [0.1, 0.15) is 0 Å². The first kappa shape index (κ1) is 15.7. The Bertz CT molecular complexity index is 248. The highest BCUT2D eigenvalue weighted by atomic mass is 16.5. The lowest BCUT2D eigenvalue weighted by molar-refractivity contribution is -0.160. The highest BCUT2D eigenvalue weighted by Crippen LogP contribution is 2.12. The Morgan fingerprint density at radius 3 is 2.53 bits per heavy atom. The SMILES string of the molecule is C=CCCC(C(=O)OC)C(=O)OCCCCC. The minimum atomic E-state index is -0.820. The largest absolute Gasteiger partial charge is 0.468 e. The summed E-state index contributed by atoms with van der Waals surface area (Å²) < 4.78 is 9.64. The van der Waals surface area contributed by atoms with Crippen LogP contribution in [0.2, 0.25) is 0 Å². The molecule has 4 heteroatoms. The number of unbranched alkanes of at least 4 members (excludes halogenated alkanes) is 2. The van der Waals surface area contributed by atoms with Gasteiger partial charge < -0.3 is 9.47 Å². The molecule has 0 aliphatic carbocycles.